The molecule has 4 rings (SSSR count). The maximum absolute atomic E-state index is 14.1. The van der Waals surface area contributed by atoms with Crippen LogP contribution in [0.5, 0.6) is 0 Å². The molecule has 2 N–H and O–H groups in total. The number of likely N-dealkylation sites (N-methyl/N-ethyl adjacent to an activating group) is 1. The van der Waals surface area contributed by atoms with Gasteiger partial charge in [0.1, 0.15) is 11.7 Å². The van der Waals surface area contributed by atoms with E-state index in [0.717, 1.165) is 38.6 Å². The number of benzene rings is 1. The molecule has 9 nitrogen and oxygen atoms in total. The summed E-state index contributed by atoms with van der Waals surface area (Å²) in [4.78, 5) is 45.6. The summed E-state index contributed by atoms with van der Waals surface area (Å²) >= 11 is 0. The summed E-state index contributed by atoms with van der Waals surface area (Å²) in [6, 6.07) is 4.27. The number of carbonyl (C=O) groups excluding carboxylic acids is 1. The van der Waals surface area contributed by atoms with E-state index in [-0.39, 0.29) is 24.3 Å². The number of hydrogen-bond donors (Lipinski definition) is 2. The molecule has 1 aromatic carbocycles. The number of halogens is 3. The van der Waals surface area contributed by atoms with Crippen molar-refractivity contribution in [2.45, 2.75) is 72.1 Å². The van der Waals surface area contributed by atoms with Crippen molar-refractivity contribution in [3.8, 4) is 11.1 Å². The molecule has 0 bridgehead atoms. The highest BCUT2D eigenvalue weighted by Crippen LogP contribution is 2.35. The molecular weight excluding hydrogens is 611 g/mol. The Bertz CT molecular complexity index is 1820. The Morgan fingerprint density at radius 1 is 1.04 bits per heavy atom. The van der Waals surface area contributed by atoms with E-state index >= 15 is 0 Å². The van der Waals surface area contributed by atoms with Crippen molar-refractivity contribution in [3.63, 3.8) is 0 Å². The normalized spacial score (nSPS) is 13.4. The Morgan fingerprint density at radius 2 is 1.70 bits per heavy atom. The molecule has 0 radical (unpaired) electrons. The minimum atomic E-state index is -4.75. The van der Waals surface area contributed by atoms with Crippen molar-refractivity contribution in [3.05, 3.63) is 92.8 Å². The molecule has 4 aromatic rings. The maximum atomic E-state index is 14.1. The van der Waals surface area contributed by atoms with Crippen LogP contribution in [-0.2, 0) is 22.2 Å². The van der Waals surface area contributed by atoms with Gasteiger partial charge in [0.25, 0.3) is 5.56 Å². The first-order chi connectivity index (χ1) is 22.0. The Balaban J connectivity index is 1.82. The van der Waals surface area contributed by atoms with Gasteiger partial charge in [-0.1, -0.05) is 31.5 Å². The van der Waals surface area contributed by atoms with E-state index in [9.17, 15) is 32.7 Å². The van der Waals surface area contributed by atoms with Crippen molar-refractivity contribution in [2.24, 2.45) is 5.92 Å². The van der Waals surface area contributed by atoms with Gasteiger partial charge in [0.15, 0.2) is 0 Å². The van der Waals surface area contributed by atoms with Crippen LogP contribution >= 0.6 is 0 Å². The SMILES string of the molecule is Cc1cc(C)c(-c2cc([C@@H](CC(=O)O)NC(=O)[C@H](CC(C)C)n3cc(CCN(C)C)c(C(F)(F)F)cc3=O)cn3ccnc23)c(C)c1. The van der Waals surface area contributed by atoms with Crippen LogP contribution in [0.25, 0.3) is 16.8 Å². The lowest BCUT2D eigenvalue weighted by Crippen LogP contribution is -2.40. The van der Waals surface area contributed by atoms with Gasteiger partial charge in [-0.05, 0) is 87.5 Å². The molecule has 12 heteroatoms. The summed E-state index contributed by atoms with van der Waals surface area (Å²) in [6.07, 6.45) is 1.13. The third kappa shape index (κ3) is 8.29. The second kappa shape index (κ2) is 14.1. The van der Waals surface area contributed by atoms with Crippen LogP contribution in [0.1, 0.15) is 72.2 Å². The number of aryl methyl sites for hydroxylation is 3. The quantitative estimate of drug-likeness (QED) is 0.191. The average molecular weight is 654 g/mol. The number of nitrogens with zero attached hydrogens (tertiary/aromatic N) is 4. The van der Waals surface area contributed by atoms with Crippen LogP contribution in [-0.4, -0.2) is 56.5 Å². The molecule has 252 valence electrons. The smallest absolute Gasteiger partial charge is 0.416 e. The molecule has 0 saturated heterocycles. The number of amides is 1. The summed E-state index contributed by atoms with van der Waals surface area (Å²) in [7, 11) is 3.46. The largest absolute Gasteiger partial charge is 0.481 e. The summed E-state index contributed by atoms with van der Waals surface area (Å²) < 4.78 is 44.7. The zero-order chi connectivity index (χ0) is 34.8. The van der Waals surface area contributed by atoms with Gasteiger partial charge in [-0.3, -0.25) is 14.4 Å². The second-order valence-electron chi connectivity index (χ2n) is 12.9. The van der Waals surface area contributed by atoms with Crippen LogP contribution in [0.4, 0.5) is 13.2 Å². The Hall–Kier alpha value is -4.45. The van der Waals surface area contributed by atoms with Crippen LogP contribution in [0.3, 0.4) is 0 Å². The number of carbonyl (C=O) groups is 2. The van der Waals surface area contributed by atoms with Gasteiger partial charge in [-0.15, -0.1) is 0 Å². The highest BCUT2D eigenvalue weighted by molar-refractivity contribution is 5.84. The van der Waals surface area contributed by atoms with E-state index < -0.39 is 47.7 Å². The van der Waals surface area contributed by atoms with E-state index in [4.69, 9.17) is 0 Å². The number of pyridine rings is 2. The molecule has 3 heterocycles. The van der Waals surface area contributed by atoms with Gasteiger partial charge >= 0.3 is 12.1 Å². The molecule has 2 atom stereocenters. The first-order valence-corrected chi connectivity index (χ1v) is 15.5. The maximum Gasteiger partial charge on any atom is 0.416 e. The number of alkyl halides is 3. The molecule has 0 unspecified atom stereocenters. The predicted molar refractivity (Wildman–Crippen MR) is 174 cm³/mol. The van der Waals surface area contributed by atoms with Gasteiger partial charge in [0, 0.05) is 43.0 Å². The number of aromatic nitrogens is 3. The number of nitrogens with one attached hydrogen (secondary N) is 1. The van der Waals surface area contributed by atoms with E-state index in [2.05, 4.69) is 22.4 Å². The number of imidazole rings is 1. The van der Waals surface area contributed by atoms with Gasteiger partial charge in [-0.25, -0.2) is 4.98 Å². The molecule has 0 spiro atoms. The molecule has 1 amide bonds. The predicted octanol–water partition coefficient (Wildman–Crippen LogP) is 6.13. The number of rotatable bonds is 12. The second-order valence-corrected chi connectivity index (χ2v) is 12.9. The summed E-state index contributed by atoms with van der Waals surface area (Å²) in [5.74, 6) is -1.95. The zero-order valence-corrected chi connectivity index (χ0v) is 27.8. The van der Waals surface area contributed by atoms with E-state index in [1.807, 2.05) is 40.7 Å². The molecular formula is C35H42F3N5O4. The van der Waals surface area contributed by atoms with Gasteiger partial charge in [0.2, 0.25) is 5.91 Å². The van der Waals surface area contributed by atoms with Gasteiger partial charge in [-0.2, -0.15) is 13.2 Å². The minimum Gasteiger partial charge on any atom is -0.481 e. The number of aliphatic carboxylic acids is 1. The molecule has 0 aliphatic carbocycles. The topological polar surface area (TPSA) is 109 Å². The van der Waals surface area contributed by atoms with E-state index in [1.165, 1.54) is 0 Å². The summed E-state index contributed by atoms with van der Waals surface area (Å²) in [6.45, 7) is 9.95. The highest BCUT2D eigenvalue weighted by atomic mass is 19.4. The molecule has 0 aliphatic rings. The summed E-state index contributed by atoms with van der Waals surface area (Å²) in [5.41, 5.74) is 3.86. The molecule has 0 aliphatic heterocycles. The van der Waals surface area contributed by atoms with Crippen molar-refractivity contribution in [2.75, 3.05) is 20.6 Å². The fraction of sp³-hybridized carbons (Fsp3) is 0.429. The van der Waals surface area contributed by atoms with E-state index in [0.29, 0.717) is 23.8 Å². The molecule has 3 aromatic heterocycles. The average Bonchev–Trinajstić information content (AvgIpc) is 3.42. The van der Waals surface area contributed by atoms with Crippen molar-refractivity contribution >= 4 is 17.5 Å². The van der Waals surface area contributed by atoms with Crippen LogP contribution in [0, 0.1) is 26.7 Å². The minimum absolute atomic E-state index is 0.00528. The monoisotopic (exact) mass is 653 g/mol. The number of hydrogen-bond acceptors (Lipinski definition) is 5. The van der Waals surface area contributed by atoms with Gasteiger partial charge in [0.05, 0.1) is 18.0 Å². The number of carboxylic acid groups (broad SMARTS) is 1. The van der Waals surface area contributed by atoms with Crippen molar-refractivity contribution in [1.82, 2.24) is 24.2 Å². The third-order valence-electron chi connectivity index (χ3n) is 8.18. The molecule has 47 heavy (non-hydrogen) atoms. The lowest BCUT2D eigenvalue weighted by molar-refractivity contribution is -0.139. The number of fused-ring (bicyclic) bond motifs is 1. The van der Waals surface area contributed by atoms with Crippen molar-refractivity contribution in [1.29, 1.82) is 0 Å². The van der Waals surface area contributed by atoms with Crippen LogP contribution in [0.15, 0.2) is 53.8 Å². The molecule has 0 fully saturated rings. The first kappa shape index (κ1) is 35.4. The van der Waals surface area contributed by atoms with Crippen molar-refractivity contribution < 1.29 is 27.9 Å². The fourth-order valence-corrected chi connectivity index (χ4v) is 6.16. The fourth-order valence-electron chi connectivity index (χ4n) is 6.16. The third-order valence-corrected chi connectivity index (χ3v) is 8.18. The first-order valence-electron chi connectivity index (χ1n) is 15.5. The summed E-state index contributed by atoms with van der Waals surface area (Å²) in [5, 5.41) is 12.7. The lowest BCUT2D eigenvalue weighted by Gasteiger charge is -2.26. The Kier molecular flexibility index (Phi) is 10.6. The number of carboxylic acids is 1. The van der Waals surface area contributed by atoms with Crippen LogP contribution in [0.2, 0.25) is 0 Å². The highest BCUT2D eigenvalue weighted by Gasteiger charge is 2.36. The molecule has 0 saturated carbocycles. The van der Waals surface area contributed by atoms with Crippen LogP contribution < -0.4 is 10.9 Å². The van der Waals surface area contributed by atoms with Gasteiger partial charge < -0.3 is 24.3 Å². The van der Waals surface area contributed by atoms with E-state index in [1.54, 1.807) is 42.0 Å². The lowest BCUT2D eigenvalue weighted by atomic mass is 9.92. The Morgan fingerprint density at radius 3 is 2.28 bits per heavy atom. The zero-order valence-electron chi connectivity index (χ0n) is 27.8. The standard InChI is InChI=1S/C35H42F3N5O4/c1-20(2)12-29(43-19-24(8-10-41(6)7)27(16-30(43)44)35(36,37)38)34(47)40-28(17-31(45)46)25-15-26(33-39-9-11-42(33)18-25)32-22(4)13-21(3)14-23(32)5/h9,11,13-16,18-20,28-29H,8,10,12,17H2,1-7H3,(H,40,47)(H,45,46)/t28-,29+/m1/s1. The Labute approximate surface area is 272 Å².